The lowest BCUT2D eigenvalue weighted by atomic mass is 10.0. The van der Waals surface area contributed by atoms with Crippen LogP contribution < -0.4 is 10.1 Å². The molecule has 0 amide bonds. The number of aromatic nitrogens is 1. The van der Waals surface area contributed by atoms with Crippen LogP contribution in [0.1, 0.15) is 39.0 Å². The Morgan fingerprint density at radius 1 is 1.22 bits per heavy atom. The number of ether oxygens (including phenoxy) is 1. The highest BCUT2D eigenvalue weighted by Crippen LogP contribution is 2.37. The molecule has 0 aromatic carbocycles. The first-order valence-electron chi connectivity index (χ1n) is 7.00. The molecule has 1 aromatic heterocycles. The van der Waals surface area contributed by atoms with Gasteiger partial charge < -0.3 is 10.1 Å². The molecule has 2 aliphatic heterocycles. The van der Waals surface area contributed by atoms with Gasteiger partial charge in [0.1, 0.15) is 17.7 Å². The number of fused-ring (bicyclic) bond motifs is 2. The lowest BCUT2D eigenvalue weighted by Gasteiger charge is -2.14. The summed E-state index contributed by atoms with van der Waals surface area (Å²) in [6.07, 6.45) is 2.33. The second-order valence-corrected chi connectivity index (χ2v) is 6.24. The van der Waals surface area contributed by atoms with Gasteiger partial charge in [-0.05, 0) is 24.3 Å². The number of hydrogen-bond donors (Lipinski definition) is 1. The predicted molar refractivity (Wildman–Crippen MR) is 73.1 cm³/mol. The largest absolute Gasteiger partial charge is 0.488 e. The second kappa shape index (κ2) is 4.15. The van der Waals surface area contributed by atoms with Crippen LogP contribution in [0, 0.1) is 11.8 Å². The molecule has 3 rings (SSSR count). The van der Waals surface area contributed by atoms with Gasteiger partial charge in [-0.2, -0.15) is 0 Å². The van der Waals surface area contributed by atoms with Gasteiger partial charge in [-0.1, -0.05) is 27.7 Å². The van der Waals surface area contributed by atoms with Gasteiger partial charge in [0.25, 0.3) is 0 Å². The Labute approximate surface area is 109 Å². The van der Waals surface area contributed by atoms with Gasteiger partial charge in [0, 0.05) is 18.0 Å². The molecular weight excluding hydrogens is 224 g/mol. The molecule has 3 nitrogen and oxygen atoms in total. The molecule has 0 bridgehead atoms. The highest BCUT2D eigenvalue weighted by Gasteiger charge is 2.31. The van der Waals surface area contributed by atoms with Crippen molar-refractivity contribution in [3.05, 3.63) is 17.3 Å². The molecule has 0 aliphatic carbocycles. The van der Waals surface area contributed by atoms with E-state index in [9.17, 15) is 0 Å². The fourth-order valence-corrected chi connectivity index (χ4v) is 2.73. The Kier molecular flexibility index (Phi) is 2.72. The van der Waals surface area contributed by atoms with Crippen LogP contribution >= 0.6 is 0 Å². The first kappa shape index (κ1) is 11.8. The smallest absolute Gasteiger partial charge is 0.141 e. The van der Waals surface area contributed by atoms with E-state index in [-0.39, 0.29) is 0 Å². The SMILES string of the molecule is CC(C)C1Cc2cc3c(nc2N1)CC(C(C)C)O3. The summed E-state index contributed by atoms with van der Waals surface area (Å²) in [4.78, 5) is 4.76. The van der Waals surface area contributed by atoms with Crippen LogP contribution in [0.4, 0.5) is 5.82 Å². The van der Waals surface area contributed by atoms with Crippen LogP contribution in [0.25, 0.3) is 0 Å². The molecule has 0 saturated carbocycles. The molecule has 0 fully saturated rings. The minimum atomic E-state index is 0.302. The van der Waals surface area contributed by atoms with Gasteiger partial charge in [0.2, 0.25) is 0 Å². The number of anilines is 1. The third-order valence-corrected chi connectivity index (χ3v) is 4.12. The summed E-state index contributed by atoms with van der Waals surface area (Å²) in [6, 6.07) is 2.73. The third kappa shape index (κ3) is 1.86. The zero-order valence-corrected chi connectivity index (χ0v) is 11.7. The van der Waals surface area contributed by atoms with Crippen molar-refractivity contribution < 1.29 is 4.74 Å². The average Bonchev–Trinajstić information content (AvgIpc) is 2.87. The zero-order chi connectivity index (χ0) is 12.9. The van der Waals surface area contributed by atoms with Crippen LogP contribution in [0.5, 0.6) is 5.75 Å². The molecule has 2 atom stereocenters. The topological polar surface area (TPSA) is 34.2 Å². The van der Waals surface area contributed by atoms with Crippen molar-refractivity contribution in [3.63, 3.8) is 0 Å². The van der Waals surface area contributed by atoms with E-state index in [0.29, 0.717) is 24.0 Å². The van der Waals surface area contributed by atoms with Gasteiger partial charge in [-0.25, -0.2) is 4.98 Å². The van der Waals surface area contributed by atoms with Crippen molar-refractivity contribution in [1.82, 2.24) is 4.98 Å². The first-order chi connectivity index (χ1) is 8.54. The summed E-state index contributed by atoms with van der Waals surface area (Å²) in [5.74, 6) is 3.28. The van der Waals surface area contributed by atoms with Crippen LogP contribution in [-0.4, -0.2) is 17.1 Å². The van der Waals surface area contributed by atoms with Crippen molar-refractivity contribution in [1.29, 1.82) is 0 Å². The molecule has 0 radical (unpaired) electrons. The second-order valence-electron chi connectivity index (χ2n) is 6.24. The predicted octanol–water partition coefficient (Wildman–Crippen LogP) is 3.03. The number of nitrogens with one attached hydrogen (secondary N) is 1. The van der Waals surface area contributed by atoms with Gasteiger partial charge >= 0.3 is 0 Å². The molecule has 3 heteroatoms. The normalized spacial score (nSPS) is 25.0. The fourth-order valence-electron chi connectivity index (χ4n) is 2.73. The molecular formula is C15H22N2O. The average molecular weight is 246 g/mol. The zero-order valence-electron chi connectivity index (χ0n) is 11.7. The maximum atomic E-state index is 6.00. The Morgan fingerprint density at radius 2 is 2.00 bits per heavy atom. The summed E-state index contributed by atoms with van der Waals surface area (Å²) in [5, 5.41) is 3.54. The summed E-state index contributed by atoms with van der Waals surface area (Å²) >= 11 is 0. The summed E-state index contributed by atoms with van der Waals surface area (Å²) < 4.78 is 6.00. The van der Waals surface area contributed by atoms with E-state index < -0.39 is 0 Å². The molecule has 1 aromatic rings. The lowest BCUT2D eigenvalue weighted by Crippen LogP contribution is -2.22. The van der Waals surface area contributed by atoms with Crippen LogP contribution in [0.3, 0.4) is 0 Å². The Hall–Kier alpha value is -1.25. The van der Waals surface area contributed by atoms with Crippen molar-refractivity contribution in [3.8, 4) is 5.75 Å². The highest BCUT2D eigenvalue weighted by molar-refractivity contribution is 5.56. The number of hydrogen-bond acceptors (Lipinski definition) is 3. The van der Waals surface area contributed by atoms with E-state index in [0.717, 1.165) is 30.1 Å². The van der Waals surface area contributed by atoms with Crippen molar-refractivity contribution in [2.24, 2.45) is 11.8 Å². The maximum absolute atomic E-state index is 6.00. The summed E-state index contributed by atoms with van der Waals surface area (Å²) in [6.45, 7) is 8.92. The molecule has 98 valence electrons. The number of nitrogens with zero attached hydrogens (tertiary/aromatic N) is 1. The lowest BCUT2D eigenvalue weighted by molar-refractivity contribution is 0.178. The standard InChI is InChI=1S/C15H22N2O/c1-8(2)11-5-10-6-14-12(17-15(10)16-11)7-13(18-14)9(3)4/h6,8-9,11,13H,5,7H2,1-4H3,(H,16,17). The minimum absolute atomic E-state index is 0.302. The maximum Gasteiger partial charge on any atom is 0.141 e. The van der Waals surface area contributed by atoms with Gasteiger partial charge in [0.05, 0.1) is 5.69 Å². The molecule has 0 spiro atoms. The van der Waals surface area contributed by atoms with Crippen molar-refractivity contribution in [2.75, 3.05) is 5.32 Å². The monoisotopic (exact) mass is 246 g/mol. The molecule has 18 heavy (non-hydrogen) atoms. The highest BCUT2D eigenvalue weighted by atomic mass is 16.5. The van der Waals surface area contributed by atoms with Gasteiger partial charge in [-0.15, -0.1) is 0 Å². The Balaban J connectivity index is 1.85. The van der Waals surface area contributed by atoms with Crippen LogP contribution in [-0.2, 0) is 12.8 Å². The van der Waals surface area contributed by atoms with E-state index in [1.807, 2.05) is 0 Å². The Morgan fingerprint density at radius 3 is 2.67 bits per heavy atom. The van der Waals surface area contributed by atoms with Crippen LogP contribution in [0.15, 0.2) is 6.07 Å². The van der Waals surface area contributed by atoms with E-state index in [2.05, 4.69) is 39.1 Å². The van der Waals surface area contributed by atoms with E-state index >= 15 is 0 Å². The number of rotatable bonds is 2. The molecule has 3 heterocycles. The molecule has 2 unspecified atom stereocenters. The van der Waals surface area contributed by atoms with E-state index in [1.54, 1.807) is 0 Å². The number of pyridine rings is 1. The van der Waals surface area contributed by atoms with Gasteiger partial charge in [-0.3, -0.25) is 0 Å². The van der Waals surface area contributed by atoms with Crippen LogP contribution in [0.2, 0.25) is 0 Å². The molecule has 0 saturated heterocycles. The van der Waals surface area contributed by atoms with Crippen molar-refractivity contribution in [2.45, 2.75) is 52.7 Å². The molecule has 2 aliphatic rings. The first-order valence-corrected chi connectivity index (χ1v) is 7.00. The third-order valence-electron chi connectivity index (χ3n) is 4.12. The summed E-state index contributed by atoms with van der Waals surface area (Å²) in [7, 11) is 0. The molecule has 1 N–H and O–H groups in total. The van der Waals surface area contributed by atoms with Crippen molar-refractivity contribution >= 4 is 5.82 Å². The Bertz CT molecular complexity index is 394. The summed E-state index contributed by atoms with van der Waals surface area (Å²) in [5.41, 5.74) is 2.45. The minimum Gasteiger partial charge on any atom is -0.488 e. The van der Waals surface area contributed by atoms with E-state index in [4.69, 9.17) is 9.72 Å². The quantitative estimate of drug-likeness (QED) is 0.871. The van der Waals surface area contributed by atoms with E-state index in [1.165, 1.54) is 5.56 Å². The fraction of sp³-hybridized carbons (Fsp3) is 0.667. The van der Waals surface area contributed by atoms with Gasteiger partial charge in [0.15, 0.2) is 0 Å².